The molecule has 0 aliphatic carbocycles. The van der Waals surface area contributed by atoms with Gasteiger partial charge < -0.3 is 20.0 Å². The molecular weight excluding hydrogens is 351 g/mol. The maximum absolute atomic E-state index is 13.8. The van der Waals surface area contributed by atoms with E-state index in [0.717, 1.165) is 0 Å². The van der Waals surface area contributed by atoms with Gasteiger partial charge in [0.15, 0.2) is 5.82 Å². The van der Waals surface area contributed by atoms with Gasteiger partial charge in [-0.1, -0.05) is 12.1 Å². The predicted molar refractivity (Wildman–Crippen MR) is 98.4 cm³/mol. The number of para-hydroxylation sites is 1. The number of amides is 1. The van der Waals surface area contributed by atoms with E-state index in [1.165, 1.54) is 17.0 Å². The smallest absolute Gasteiger partial charge is 0.407 e. The second kappa shape index (κ2) is 6.71. The van der Waals surface area contributed by atoms with Crippen LogP contribution in [-0.2, 0) is 0 Å². The van der Waals surface area contributed by atoms with Crippen molar-refractivity contribution in [3.8, 4) is 17.1 Å². The van der Waals surface area contributed by atoms with Gasteiger partial charge in [-0.25, -0.2) is 19.2 Å². The van der Waals surface area contributed by atoms with Crippen LogP contribution in [0.1, 0.15) is 0 Å². The summed E-state index contributed by atoms with van der Waals surface area (Å²) in [5.41, 5.74) is 1.04. The van der Waals surface area contributed by atoms with Gasteiger partial charge in [0.25, 0.3) is 0 Å². The van der Waals surface area contributed by atoms with Gasteiger partial charge in [-0.15, -0.1) is 0 Å². The quantitative estimate of drug-likeness (QED) is 0.723. The number of nitrogens with zero attached hydrogens (tertiary/aromatic N) is 4. The molecule has 7 nitrogen and oxygen atoms in total. The van der Waals surface area contributed by atoms with Crippen LogP contribution in [0.2, 0.25) is 0 Å². The van der Waals surface area contributed by atoms with Gasteiger partial charge in [0, 0.05) is 31.6 Å². The lowest BCUT2D eigenvalue weighted by molar-refractivity contribution is 0.142. The Labute approximate surface area is 154 Å². The first kappa shape index (κ1) is 17.0. The lowest BCUT2D eigenvalue weighted by atomic mass is 10.1. The van der Waals surface area contributed by atoms with E-state index in [2.05, 4.69) is 9.97 Å². The topological polar surface area (TPSA) is 89.8 Å². The second-order valence-corrected chi connectivity index (χ2v) is 6.31. The highest BCUT2D eigenvalue weighted by atomic mass is 19.1. The van der Waals surface area contributed by atoms with Crippen molar-refractivity contribution in [1.29, 1.82) is 0 Å². The van der Waals surface area contributed by atoms with Gasteiger partial charge in [0.1, 0.15) is 17.4 Å². The standard InChI is InChI=1S/C19H17FN4O3/c20-12-5-6-15-14(11-12)18(23-7-9-24(10-8-23)19(26)27)22-17(21-15)13-3-1-2-4-16(13)25/h1-6,11,25H,7-10H2,(H,26,27). The number of carbonyl (C=O) groups is 1. The fraction of sp³-hybridized carbons (Fsp3) is 0.211. The number of phenolic OH excluding ortho intramolecular Hbond substituents is 1. The predicted octanol–water partition coefficient (Wildman–Crippen LogP) is 2.94. The number of aromatic hydroxyl groups is 1. The molecule has 2 aromatic carbocycles. The largest absolute Gasteiger partial charge is 0.507 e. The van der Waals surface area contributed by atoms with Gasteiger partial charge in [-0.2, -0.15) is 0 Å². The molecule has 0 radical (unpaired) electrons. The summed E-state index contributed by atoms with van der Waals surface area (Å²) in [5.74, 6) is 0.526. The molecule has 27 heavy (non-hydrogen) atoms. The number of piperazine rings is 1. The monoisotopic (exact) mass is 368 g/mol. The van der Waals surface area contributed by atoms with Crippen molar-refractivity contribution in [2.75, 3.05) is 31.1 Å². The number of halogens is 1. The lowest BCUT2D eigenvalue weighted by Gasteiger charge is -2.34. The fourth-order valence-corrected chi connectivity index (χ4v) is 3.22. The Morgan fingerprint density at radius 1 is 1.04 bits per heavy atom. The molecule has 1 fully saturated rings. The van der Waals surface area contributed by atoms with Crippen LogP contribution in [0, 0.1) is 5.82 Å². The summed E-state index contributed by atoms with van der Waals surface area (Å²) >= 11 is 0. The van der Waals surface area contributed by atoms with E-state index >= 15 is 0 Å². The zero-order valence-corrected chi connectivity index (χ0v) is 14.3. The number of benzene rings is 2. The maximum Gasteiger partial charge on any atom is 0.407 e. The van der Waals surface area contributed by atoms with Gasteiger partial charge >= 0.3 is 6.09 Å². The first-order chi connectivity index (χ1) is 13.0. The summed E-state index contributed by atoms with van der Waals surface area (Å²) in [6.07, 6.45) is -0.955. The maximum atomic E-state index is 13.8. The zero-order valence-electron chi connectivity index (χ0n) is 14.3. The van der Waals surface area contributed by atoms with Crippen molar-refractivity contribution in [3.63, 3.8) is 0 Å². The first-order valence-corrected chi connectivity index (χ1v) is 8.51. The van der Waals surface area contributed by atoms with Gasteiger partial charge in [-0.05, 0) is 30.3 Å². The summed E-state index contributed by atoms with van der Waals surface area (Å²) < 4.78 is 13.8. The minimum absolute atomic E-state index is 0.0561. The van der Waals surface area contributed by atoms with Crippen LogP contribution in [0.5, 0.6) is 5.75 Å². The number of phenols is 1. The van der Waals surface area contributed by atoms with Crippen LogP contribution in [0.3, 0.4) is 0 Å². The Bertz CT molecular complexity index is 1020. The summed E-state index contributed by atoms with van der Waals surface area (Å²) in [7, 11) is 0. The SMILES string of the molecule is O=C(O)N1CCN(c2nc(-c3ccccc3O)nc3ccc(F)cc23)CC1. The molecule has 1 aromatic heterocycles. The van der Waals surface area contributed by atoms with Crippen molar-refractivity contribution in [1.82, 2.24) is 14.9 Å². The lowest BCUT2D eigenvalue weighted by Crippen LogP contribution is -2.48. The second-order valence-electron chi connectivity index (χ2n) is 6.31. The molecule has 0 spiro atoms. The van der Waals surface area contributed by atoms with Gasteiger partial charge in [0.05, 0.1) is 11.1 Å². The average Bonchev–Trinajstić information content (AvgIpc) is 2.68. The van der Waals surface area contributed by atoms with Gasteiger partial charge in [0.2, 0.25) is 0 Å². The Kier molecular flexibility index (Phi) is 4.23. The molecule has 0 atom stereocenters. The summed E-state index contributed by atoms with van der Waals surface area (Å²) in [6, 6.07) is 11.0. The van der Waals surface area contributed by atoms with E-state index in [9.17, 15) is 14.3 Å². The molecule has 3 aromatic rings. The van der Waals surface area contributed by atoms with Crippen molar-refractivity contribution in [2.24, 2.45) is 0 Å². The van der Waals surface area contributed by atoms with E-state index < -0.39 is 11.9 Å². The number of hydrogen-bond acceptors (Lipinski definition) is 5. The minimum atomic E-state index is -0.955. The molecule has 0 unspecified atom stereocenters. The molecule has 2 N–H and O–H groups in total. The molecule has 138 valence electrons. The number of rotatable bonds is 2. The van der Waals surface area contributed by atoms with Crippen molar-refractivity contribution >= 4 is 22.8 Å². The molecule has 0 bridgehead atoms. The molecule has 1 amide bonds. The summed E-state index contributed by atoms with van der Waals surface area (Å²) in [6.45, 7) is 1.55. The molecular formula is C19H17FN4O3. The third-order valence-electron chi connectivity index (χ3n) is 4.63. The van der Waals surface area contributed by atoms with E-state index in [-0.39, 0.29) is 5.75 Å². The summed E-state index contributed by atoms with van der Waals surface area (Å²) in [5, 5.41) is 19.8. The summed E-state index contributed by atoms with van der Waals surface area (Å²) in [4.78, 5) is 23.5. The molecule has 0 saturated carbocycles. The van der Waals surface area contributed by atoms with E-state index in [1.54, 1.807) is 30.3 Å². The van der Waals surface area contributed by atoms with Crippen LogP contribution in [0.25, 0.3) is 22.3 Å². The third kappa shape index (κ3) is 3.21. The number of anilines is 1. The van der Waals surface area contributed by atoms with E-state index in [1.807, 2.05) is 4.90 Å². The number of aromatic nitrogens is 2. The zero-order chi connectivity index (χ0) is 19.0. The number of carboxylic acid groups (broad SMARTS) is 1. The normalized spacial score (nSPS) is 14.6. The number of hydrogen-bond donors (Lipinski definition) is 2. The van der Waals surface area contributed by atoms with Crippen LogP contribution in [0.15, 0.2) is 42.5 Å². The molecule has 4 rings (SSSR count). The van der Waals surface area contributed by atoms with Crippen molar-refractivity contribution in [2.45, 2.75) is 0 Å². The van der Waals surface area contributed by atoms with Crippen LogP contribution >= 0.6 is 0 Å². The highest BCUT2D eigenvalue weighted by Crippen LogP contribution is 2.32. The Morgan fingerprint density at radius 2 is 1.78 bits per heavy atom. The van der Waals surface area contributed by atoms with Crippen LogP contribution in [-0.4, -0.2) is 57.4 Å². The Hall–Kier alpha value is -3.42. The average molecular weight is 368 g/mol. The molecule has 2 heterocycles. The van der Waals surface area contributed by atoms with E-state index in [4.69, 9.17) is 5.11 Å². The minimum Gasteiger partial charge on any atom is -0.507 e. The highest BCUT2D eigenvalue weighted by molar-refractivity contribution is 5.91. The first-order valence-electron chi connectivity index (χ1n) is 8.51. The van der Waals surface area contributed by atoms with E-state index in [0.29, 0.717) is 54.3 Å². The molecule has 1 aliphatic heterocycles. The molecule has 8 heteroatoms. The molecule has 1 aliphatic rings. The van der Waals surface area contributed by atoms with Gasteiger partial charge in [-0.3, -0.25) is 0 Å². The molecule has 1 saturated heterocycles. The highest BCUT2D eigenvalue weighted by Gasteiger charge is 2.24. The Balaban J connectivity index is 1.82. The van der Waals surface area contributed by atoms with Crippen molar-refractivity contribution < 1.29 is 19.4 Å². The third-order valence-corrected chi connectivity index (χ3v) is 4.63. The van der Waals surface area contributed by atoms with Crippen molar-refractivity contribution in [3.05, 3.63) is 48.3 Å². The van der Waals surface area contributed by atoms with Crippen LogP contribution in [0.4, 0.5) is 15.0 Å². The number of fused-ring (bicyclic) bond motifs is 1. The van der Waals surface area contributed by atoms with Crippen LogP contribution < -0.4 is 4.90 Å². The Morgan fingerprint density at radius 3 is 2.48 bits per heavy atom. The fourth-order valence-electron chi connectivity index (χ4n) is 3.22.